The third kappa shape index (κ3) is 1.27. The van der Waals surface area contributed by atoms with Gasteiger partial charge in [0.1, 0.15) is 5.75 Å². The van der Waals surface area contributed by atoms with Gasteiger partial charge in [-0.1, -0.05) is 18.2 Å². The second-order valence-corrected chi connectivity index (χ2v) is 3.33. The summed E-state index contributed by atoms with van der Waals surface area (Å²) in [5.41, 5.74) is 3.70. The molecule has 3 heteroatoms. The molecule has 0 saturated carbocycles. The quantitative estimate of drug-likeness (QED) is 0.722. The lowest BCUT2D eigenvalue weighted by atomic mass is 10.0. The molecule has 0 aliphatic heterocycles. The molecule has 14 heavy (non-hydrogen) atoms. The molecular formula is C11H12N2O. The molecule has 2 aromatic rings. The summed E-state index contributed by atoms with van der Waals surface area (Å²) in [6.45, 7) is 3.87. The number of phenolic OH excluding ortho intramolecular Hbond substituents is 1. The fourth-order valence-corrected chi connectivity index (χ4v) is 1.63. The third-order valence-corrected chi connectivity index (χ3v) is 2.30. The summed E-state index contributed by atoms with van der Waals surface area (Å²) in [5, 5.41) is 16.7. The van der Waals surface area contributed by atoms with Gasteiger partial charge in [-0.15, -0.1) is 0 Å². The fourth-order valence-electron chi connectivity index (χ4n) is 1.63. The van der Waals surface area contributed by atoms with Crippen LogP contribution in [0.2, 0.25) is 0 Å². The molecule has 1 aromatic carbocycles. The molecule has 0 atom stereocenters. The molecular weight excluding hydrogens is 176 g/mol. The maximum atomic E-state index is 9.69. The first-order valence-corrected chi connectivity index (χ1v) is 4.50. The predicted octanol–water partition coefficient (Wildman–Crippen LogP) is 2.40. The zero-order valence-corrected chi connectivity index (χ0v) is 8.20. The lowest BCUT2D eigenvalue weighted by Crippen LogP contribution is -1.82. The van der Waals surface area contributed by atoms with E-state index >= 15 is 0 Å². The van der Waals surface area contributed by atoms with Gasteiger partial charge < -0.3 is 5.11 Å². The van der Waals surface area contributed by atoms with Gasteiger partial charge in [0.05, 0.1) is 5.69 Å². The van der Waals surface area contributed by atoms with Crippen LogP contribution in [0.4, 0.5) is 0 Å². The Labute approximate surface area is 82.4 Å². The molecule has 0 bridgehead atoms. The van der Waals surface area contributed by atoms with Crippen LogP contribution in [-0.2, 0) is 0 Å². The third-order valence-electron chi connectivity index (χ3n) is 2.30. The second kappa shape index (κ2) is 3.18. The first-order valence-electron chi connectivity index (χ1n) is 4.50. The van der Waals surface area contributed by atoms with E-state index in [2.05, 4.69) is 10.2 Å². The highest BCUT2D eigenvalue weighted by Gasteiger charge is 2.11. The van der Waals surface area contributed by atoms with E-state index in [0.29, 0.717) is 5.75 Å². The van der Waals surface area contributed by atoms with Gasteiger partial charge in [-0.05, 0) is 19.9 Å². The minimum atomic E-state index is 0.292. The highest BCUT2D eigenvalue weighted by Crippen LogP contribution is 2.32. The number of hydrogen-bond donors (Lipinski definition) is 2. The Morgan fingerprint density at radius 3 is 2.50 bits per heavy atom. The molecule has 0 unspecified atom stereocenters. The number of aryl methyl sites for hydroxylation is 2. The summed E-state index contributed by atoms with van der Waals surface area (Å²) >= 11 is 0. The Bertz CT molecular complexity index is 441. The van der Waals surface area contributed by atoms with Crippen LogP contribution < -0.4 is 0 Å². The van der Waals surface area contributed by atoms with Crippen LogP contribution in [0.5, 0.6) is 5.75 Å². The van der Waals surface area contributed by atoms with Gasteiger partial charge in [-0.25, -0.2) is 0 Å². The molecule has 0 radical (unpaired) electrons. The van der Waals surface area contributed by atoms with E-state index in [-0.39, 0.29) is 0 Å². The highest BCUT2D eigenvalue weighted by atomic mass is 16.3. The van der Waals surface area contributed by atoms with E-state index in [9.17, 15) is 5.11 Å². The minimum absolute atomic E-state index is 0.292. The van der Waals surface area contributed by atoms with Crippen LogP contribution >= 0.6 is 0 Å². The van der Waals surface area contributed by atoms with E-state index in [0.717, 1.165) is 22.5 Å². The van der Waals surface area contributed by atoms with Gasteiger partial charge in [-0.3, -0.25) is 5.10 Å². The van der Waals surface area contributed by atoms with E-state index in [4.69, 9.17) is 0 Å². The fraction of sp³-hybridized carbons (Fsp3) is 0.182. The lowest BCUT2D eigenvalue weighted by molar-refractivity contribution is 0.477. The Hall–Kier alpha value is -1.77. The largest absolute Gasteiger partial charge is 0.507 e. The van der Waals surface area contributed by atoms with Crippen molar-refractivity contribution in [2.24, 2.45) is 0 Å². The lowest BCUT2D eigenvalue weighted by Gasteiger charge is -2.03. The molecule has 72 valence electrons. The Balaban J connectivity index is 2.66. The summed E-state index contributed by atoms with van der Waals surface area (Å²) in [6.07, 6.45) is 0. The maximum absolute atomic E-state index is 9.69. The zero-order chi connectivity index (χ0) is 10.1. The van der Waals surface area contributed by atoms with E-state index < -0.39 is 0 Å². The van der Waals surface area contributed by atoms with Gasteiger partial charge in [0.15, 0.2) is 0 Å². The molecule has 0 aliphatic rings. The molecule has 1 heterocycles. The first kappa shape index (κ1) is 8.81. The number of aromatic amines is 1. The van der Waals surface area contributed by atoms with Crippen molar-refractivity contribution in [2.75, 3.05) is 0 Å². The number of H-pyrrole nitrogens is 1. The molecule has 0 spiro atoms. The molecule has 0 amide bonds. The van der Waals surface area contributed by atoms with E-state index in [1.165, 1.54) is 0 Å². The van der Waals surface area contributed by atoms with Crippen molar-refractivity contribution in [1.29, 1.82) is 0 Å². The van der Waals surface area contributed by atoms with Crippen LogP contribution in [0.1, 0.15) is 11.4 Å². The second-order valence-electron chi connectivity index (χ2n) is 3.33. The van der Waals surface area contributed by atoms with Crippen molar-refractivity contribution in [2.45, 2.75) is 13.8 Å². The molecule has 2 N–H and O–H groups in total. The van der Waals surface area contributed by atoms with Crippen molar-refractivity contribution < 1.29 is 5.11 Å². The number of hydrogen-bond acceptors (Lipinski definition) is 2. The number of aromatic hydroxyl groups is 1. The number of benzene rings is 1. The van der Waals surface area contributed by atoms with Crippen LogP contribution in [0.25, 0.3) is 11.1 Å². The number of rotatable bonds is 1. The highest BCUT2D eigenvalue weighted by molar-refractivity contribution is 5.73. The number of nitrogens with zero attached hydrogens (tertiary/aromatic N) is 1. The average Bonchev–Trinajstić information content (AvgIpc) is 2.48. The summed E-state index contributed by atoms with van der Waals surface area (Å²) in [7, 11) is 0. The van der Waals surface area contributed by atoms with Crippen LogP contribution in [0, 0.1) is 13.8 Å². The summed E-state index contributed by atoms with van der Waals surface area (Å²) < 4.78 is 0. The van der Waals surface area contributed by atoms with Gasteiger partial charge in [-0.2, -0.15) is 5.10 Å². The van der Waals surface area contributed by atoms with Crippen molar-refractivity contribution in [3.63, 3.8) is 0 Å². The molecule has 0 saturated heterocycles. The van der Waals surface area contributed by atoms with Crippen molar-refractivity contribution in [1.82, 2.24) is 10.2 Å². The minimum Gasteiger partial charge on any atom is -0.507 e. The summed E-state index contributed by atoms with van der Waals surface area (Å²) in [4.78, 5) is 0. The number of phenols is 1. The number of para-hydroxylation sites is 1. The topological polar surface area (TPSA) is 48.9 Å². The van der Waals surface area contributed by atoms with Crippen molar-refractivity contribution in [3.05, 3.63) is 35.7 Å². The summed E-state index contributed by atoms with van der Waals surface area (Å²) in [6, 6.07) is 7.28. The normalized spacial score (nSPS) is 10.4. The van der Waals surface area contributed by atoms with Crippen LogP contribution in [0.15, 0.2) is 24.3 Å². The molecule has 0 aliphatic carbocycles. The van der Waals surface area contributed by atoms with Crippen LogP contribution in [0.3, 0.4) is 0 Å². The first-order chi connectivity index (χ1) is 6.70. The predicted molar refractivity (Wildman–Crippen MR) is 55.2 cm³/mol. The van der Waals surface area contributed by atoms with E-state index in [1.54, 1.807) is 6.07 Å². The molecule has 0 fully saturated rings. The Morgan fingerprint density at radius 1 is 1.21 bits per heavy atom. The number of nitrogens with one attached hydrogen (secondary N) is 1. The molecule has 2 rings (SSSR count). The SMILES string of the molecule is Cc1n[nH]c(C)c1-c1ccccc1O. The zero-order valence-electron chi connectivity index (χ0n) is 8.20. The molecule has 1 aromatic heterocycles. The van der Waals surface area contributed by atoms with Crippen LogP contribution in [-0.4, -0.2) is 15.3 Å². The van der Waals surface area contributed by atoms with Gasteiger partial charge in [0, 0.05) is 16.8 Å². The number of aromatic nitrogens is 2. The van der Waals surface area contributed by atoms with Crippen molar-refractivity contribution in [3.8, 4) is 16.9 Å². The summed E-state index contributed by atoms with van der Waals surface area (Å²) in [5.74, 6) is 0.292. The average molecular weight is 188 g/mol. The smallest absolute Gasteiger partial charge is 0.123 e. The Kier molecular flexibility index (Phi) is 2.00. The van der Waals surface area contributed by atoms with Gasteiger partial charge in [0.25, 0.3) is 0 Å². The van der Waals surface area contributed by atoms with Crippen molar-refractivity contribution >= 4 is 0 Å². The Morgan fingerprint density at radius 2 is 1.93 bits per heavy atom. The monoisotopic (exact) mass is 188 g/mol. The molecule has 3 nitrogen and oxygen atoms in total. The van der Waals surface area contributed by atoms with E-state index in [1.807, 2.05) is 32.0 Å². The van der Waals surface area contributed by atoms with Gasteiger partial charge in [0.2, 0.25) is 0 Å². The maximum Gasteiger partial charge on any atom is 0.123 e. The van der Waals surface area contributed by atoms with Gasteiger partial charge >= 0.3 is 0 Å². The standard InChI is InChI=1S/C11H12N2O/c1-7-11(8(2)13-12-7)9-5-3-4-6-10(9)14/h3-6,14H,1-2H3,(H,12,13).